The first-order chi connectivity index (χ1) is 23.1. The maximum absolute atomic E-state index is 12.7. The molecule has 0 spiro atoms. The van der Waals surface area contributed by atoms with Gasteiger partial charge in [0.15, 0.2) is 0 Å². The summed E-state index contributed by atoms with van der Waals surface area (Å²) in [7, 11) is 0. The number of ether oxygens (including phenoxy) is 1. The second-order valence-electron chi connectivity index (χ2n) is 17.2. The Morgan fingerprint density at radius 1 is 0.633 bits per heavy atom. The Balaban J connectivity index is 1.92. The molecule has 0 unspecified atom stereocenters. The number of rotatable bonds is 12. The second-order valence-corrected chi connectivity index (χ2v) is 17.2. The Morgan fingerprint density at radius 3 is 1.67 bits per heavy atom. The largest absolute Gasteiger partial charge is 0.505 e. The summed E-state index contributed by atoms with van der Waals surface area (Å²) in [6.45, 7) is 25.5. The van der Waals surface area contributed by atoms with E-state index in [1.54, 1.807) is 0 Å². The third-order valence-electron chi connectivity index (χ3n) is 10.1. The molecule has 262 valence electrons. The maximum Gasteiger partial charge on any atom is 0.147 e. The van der Waals surface area contributed by atoms with E-state index in [9.17, 15) is 5.11 Å². The molecule has 1 aromatic heterocycles. The number of aryl methyl sites for hydroxylation is 2. The number of hydrogen-bond donors (Lipinski definition) is 1. The van der Waals surface area contributed by atoms with Crippen LogP contribution in [0.15, 0.2) is 66.7 Å². The molecule has 0 radical (unpaired) electrons. The van der Waals surface area contributed by atoms with E-state index in [2.05, 4.69) is 141 Å². The lowest BCUT2D eigenvalue weighted by molar-refractivity contribution is 0.284. The topological polar surface area (TPSA) is 34.4 Å². The van der Waals surface area contributed by atoms with Crippen LogP contribution in [-0.4, -0.2) is 16.3 Å². The Labute approximate surface area is 296 Å². The minimum atomic E-state index is -0.153. The molecular weight excluding hydrogens is 599 g/mol. The lowest BCUT2D eigenvalue weighted by Gasteiger charge is -2.34. The molecule has 0 aliphatic carbocycles. The molecule has 3 nitrogen and oxygen atoms in total. The van der Waals surface area contributed by atoms with Crippen LogP contribution in [-0.2, 0) is 23.7 Å². The van der Waals surface area contributed by atoms with Crippen LogP contribution in [0.1, 0.15) is 131 Å². The Bertz CT molecular complexity index is 1860. The van der Waals surface area contributed by atoms with Crippen molar-refractivity contribution in [2.75, 3.05) is 6.61 Å². The molecule has 0 aliphatic heterocycles. The molecule has 0 amide bonds. The van der Waals surface area contributed by atoms with Crippen molar-refractivity contribution in [3.05, 3.63) is 89.0 Å². The van der Waals surface area contributed by atoms with E-state index < -0.39 is 0 Å². The molecule has 0 atom stereocenters. The van der Waals surface area contributed by atoms with Crippen LogP contribution in [0.4, 0.5) is 0 Å². The number of fused-ring (bicyclic) bond motifs is 3. The van der Waals surface area contributed by atoms with Crippen molar-refractivity contribution in [1.82, 2.24) is 4.57 Å². The molecule has 49 heavy (non-hydrogen) atoms. The van der Waals surface area contributed by atoms with Crippen molar-refractivity contribution in [2.45, 2.75) is 132 Å². The molecule has 0 fully saturated rings. The summed E-state index contributed by atoms with van der Waals surface area (Å²) in [5.74, 6) is 1.09. The number of aromatic nitrogens is 1. The molecule has 0 saturated heterocycles. The van der Waals surface area contributed by atoms with Crippen molar-refractivity contribution in [2.24, 2.45) is 5.41 Å². The predicted molar refractivity (Wildman–Crippen MR) is 212 cm³/mol. The Hall–Kier alpha value is -3.72. The highest BCUT2D eigenvalue weighted by molar-refractivity contribution is 6.10. The van der Waals surface area contributed by atoms with Crippen molar-refractivity contribution < 1.29 is 9.84 Å². The highest BCUT2D eigenvalue weighted by Gasteiger charge is 2.31. The van der Waals surface area contributed by atoms with Crippen LogP contribution in [0.2, 0.25) is 0 Å². The first-order valence-electron chi connectivity index (χ1n) is 18.8. The number of benzene rings is 4. The normalized spacial score (nSPS) is 12.7. The molecule has 0 aliphatic rings. The van der Waals surface area contributed by atoms with Crippen LogP contribution in [0.3, 0.4) is 0 Å². The third-order valence-corrected chi connectivity index (χ3v) is 10.1. The van der Waals surface area contributed by atoms with Gasteiger partial charge in [0, 0.05) is 21.9 Å². The predicted octanol–water partition coefficient (Wildman–Crippen LogP) is 13.3. The van der Waals surface area contributed by atoms with Crippen LogP contribution in [0, 0.1) is 5.41 Å². The van der Waals surface area contributed by atoms with Gasteiger partial charge in [-0.1, -0.05) is 112 Å². The van der Waals surface area contributed by atoms with Crippen molar-refractivity contribution >= 4 is 21.8 Å². The second kappa shape index (κ2) is 14.3. The van der Waals surface area contributed by atoms with Crippen LogP contribution in [0.5, 0.6) is 11.5 Å². The van der Waals surface area contributed by atoms with Gasteiger partial charge in [-0.3, -0.25) is 0 Å². The summed E-state index contributed by atoms with van der Waals surface area (Å²) >= 11 is 0. The minimum absolute atomic E-state index is 0.0579. The van der Waals surface area contributed by atoms with E-state index in [0.29, 0.717) is 12.4 Å². The lowest BCUT2D eigenvalue weighted by Crippen LogP contribution is -2.25. The molecule has 0 bridgehead atoms. The van der Waals surface area contributed by atoms with Gasteiger partial charge in [0.05, 0.1) is 23.3 Å². The van der Waals surface area contributed by atoms with Gasteiger partial charge in [-0.25, -0.2) is 0 Å². The zero-order valence-electron chi connectivity index (χ0n) is 32.3. The molecule has 1 N–H and O–H groups in total. The summed E-state index contributed by atoms with van der Waals surface area (Å²) in [6, 6.07) is 24.9. The van der Waals surface area contributed by atoms with Crippen LogP contribution >= 0.6 is 0 Å². The number of hydrogen-bond acceptors (Lipinski definition) is 2. The van der Waals surface area contributed by atoms with E-state index in [4.69, 9.17) is 4.74 Å². The van der Waals surface area contributed by atoms with Gasteiger partial charge < -0.3 is 14.4 Å². The molecule has 5 aromatic rings. The van der Waals surface area contributed by atoms with Crippen molar-refractivity contribution in [3.63, 3.8) is 0 Å². The molecule has 1 heterocycles. The number of phenols is 1. The highest BCUT2D eigenvalue weighted by atomic mass is 16.5. The molecular formula is C46H61NO2. The van der Waals surface area contributed by atoms with Gasteiger partial charge in [0.2, 0.25) is 0 Å². The van der Waals surface area contributed by atoms with Crippen molar-refractivity contribution in [3.8, 4) is 28.3 Å². The highest BCUT2D eigenvalue weighted by Crippen LogP contribution is 2.47. The standard InChI is InChI=1S/C46H61NO2/c1-12-15-17-31-19-22-35-36-23-20-32(18-16-13-2)26-40(36)47(39(35)25-31)41-29-34(46(10,11)30-44(4,5)6)28-38(43(41)48)37-27-33(45(7,8)9)21-24-42(37)49-14-3/h19-29,48H,12-18,30H2,1-11H3. The van der Waals surface area contributed by atoms with Crippen molar-refractivity contribution in [1.29, 1.82) is 0 Å². The number of nitrogens with zero attached hydrogens (tertiary/aromatic N) is 1. The number of aromatic hydroxyl groups is 1. The van der Waals surface area contributed by atoms with Gasteiger partial charge in [0.1, 0.15) is 11.5 Å². The van der Waals surface area contributed by atoms with Gasteiger partial charge >= 0.3 is 0 Å². The van der Waals surface area contributed by atoms with E-state index >= 15 is 0 Å². The fourth-order valence-electron chi connectivity index (χ4n) is 7.74. The fourth-order valence-corrected chi connectivity index (χ4v) is 7.74. The fraction of sp³-hybridized carbons (Fsp3) is 0.478. The molecule has 4 aromatic carbocycles. The Morgan fingerprint density at radius 2 is 1.18 bits per heavy atom. The monoisotopic (exact) mass is 659 g/mol. The summed E-state index contributed by atoms with van der Waals surface area (Å²) < 4.78 is 8.64. The maximum atomic E-state index is 12.7. The van der Waals surface area contributed by atoms with Gasteiger partial charge in [-0.05, 0) is 114 Å². The first-order valence-corrected chi connectivity index (χ1v) is 18.8. The quantitative estimate of drug-likeness (QED) is 0.145. The number of unbranched alkanes of at least 4 members (excludes halogenated alkanes) is 2. The smallest absolute Gasteiger partial charge is 0.147 e. The summed E-state index contributed by atoms with van der Waals surface area (Å²) in [5, 5.41) is 15.1. The Kier molecular flexibility index (Phi) is 10.6. The van der Waals surface area contributed by atoms with E-state index in [0.717, 1.165) is 78.5 Å². The zero-order chi connectivity index (χ0) is 35.7. The van der Waals surface area contributed by atoms with E-state index in [1.807, 2.05) is 6.92 Å². The van der Waals surface area contributed by atoms with Gasteiger partial charge in [-0.2, -0.15) is 0 Å². The zero-order valence-corrected chi connectivity index (χ0v) is 32.3. The summed E-state index contributed by atoms with van der Waals surface area (Å²) in [6.07, 6.45) is 7.72. The van der Waals surface area contributed by atoms with Crippen LogP contribution in [0.25, 0.3) is 38.6 Å². The first kappa shape index (κ1) is 36.6. The van der Waals surface area contributed by atoms with Gasteiger partial charge in [-0.15, -0.1) is 0 Å². The summed E-state index contributed by atoms with van der Waals surface area (Å²) in [5.41, 5.74) is 9.91. The SMILES string of the molecule is CCCCc1ccc2c3ccc(CCCC)cc3n(-c3cc(C(C)(C)CC(C)(C)C)cc(-c4cc(C(C)(C)C)ccc4OCC)c3O)c2c1. The lowest BCUT2D eigenvalue weighted by atomic mass is 9.71. The summed E-state index contributed by atoms with van der Waals surface area (Å²) in [4.78, 5) is 0. The van der Waals surface area contributed by atoms with E-state index in [1.165, 1.54) is 33.0 Å². The number of phenolic OH excluding ortho intramolecular Hbond substituents is 1. The average molecular weight is 660 g/mol. The average Bonchev–Trinajstić information content (AvgIpc) is 3.34. The third kappa shape index (κ3) is 7.87. The minimum Gasteiger partial charge on any atom is -0.505 e. The molecule has 3 heteroatoms. The van der Waals surface area contributed by atoms with E-state index in [-0.39, 0.29) is 16.2 Å². The molecule has 0 saturated carbocycles. The molecule has 5 rings (SSSR count). The van der Waals surface area contributed by atoms with Crippen LogP contribution < -0.4 is 4.74 Å². The van der Waals surface area contributed by atoms with Gasteiger partial charge in [0.25, 0.3) is 0 Å².